The summed E-state index contributed by atoms with van der Waals surface area (Å²) in [5, 5.41) is 3.08. The van der Waals surface area contributed by atoms with Crippen LogP contribution in [0.25, 0.3) is 0 Å². The molecule has 1 aliphatic carbocycles. The normalized spacial score (nSPS) is 17.5. The molecule has 88 valence electrons. The molecule has 1 aliphatic rings. The molecule has 4 nitrogen and oxygen atoms in total. The van der Waals surface area contributed by atoms with Gasteiger partial charge in [0, 0.05) is 13.2 Å². The van der Waals surface area contributed by atoms with Gasteiger partial charge in [-0.2, -0.15) is 0 Å². The van der Waals surface area contributed by atoms with Gasteiger partial charge in [-0.15, -0.1) is 0 Å². The summed E-state index contributed by atoms with van der Waals surface area (Å²) in [7, 11) is 1.41. The van der Waals surface area contributed by atoms with E-state index >= 15 is 0 Å². The number of likely N-dealkylation sites (N-methyl/N-ethyl adjacent to an activating group) is 1. The van der Waals surface area contributed by atoms with Crippen molar-refractivity contribution in [3.63, 3.8) is 0 Å². The number of rotatable bonds is 8. The molecule has 0 saturated heterocycles. The predicted molar refractivity (Wildman–Crippen MR) is 57.6 cm³/mol. The summed E-state index contributed by atoms with van der Waals surface area (Å²) in [5.41, 5.74) is 0. The fourth-order valence-electron chi connectivity index (χ4n) is 1.43. The molecule has 1 rings (SSSR count). The number of ether oxygens (including phenoxy) is 2. The lowest BCUT2D eigenvalue weighted by atomic mass is 10.2. The smallest absolute Gasteiger partial charge is 0.322 e. The molecular weight excluding hydrogens is 194 g/mol. The third-order valence-electron chi connectivity index (χ3n) is 2.54. The summed E-state index contributed by atoms with van der Waals surface area (Å²) >= 11 is 0. The monoisotopic (exact) mass is 215 g/mol. The largest absolute Gasteiger partial charge is 0.468 e. The van der Waals surface area contributed by atoms with Gasteiger partial charge in [-0.3, -0.25) is 4.79 Å². The first-order valence-corrected chi connectivity index (χ1v) is 5.66. The Morgan fingerprint density at radius 3 is 2.80 bits per heavy atom. The maximum atomic E-state index is 11.3. The van der Waals surface area contributed by atoms with E-state index in [1.54, 1.807) is 0 Å². The van der Waals surface area contributed by atoms with Crippen molar-refractivity contribution in [2.45, 2.75) is 32.2 Å². The Morgan fingerprint density at radius 2 is 2.27 bits per heavy atom. The average Bonchev–Trinajstić information content (AvgIpc) is 3.05. The SMILES string of the molecule is CCNC(CCOCC1CC1)C(=O)OC. The van der Waals surface area contributed by atoms with Crippen LogP contribution in [0.2, 0.25) is 0 Å². The van der Waals surface area contributed by atoms with E-state index in [-0.39, 0.29) is 12.0 Å². The summed E-state index contributed by atoms with van der Waals surface area (Å²) in [5.74, 6) is 0.576. The standard InChI is InChI=1S/C11H21NO3/c1-3-12-10(11(13)14-2)6-7-15-8-9-4-5-9/h9-10,12H,3-8H2,1-2H3. The number of methoxy groups -OCH3 is 1. The van der Waals surface area contributed by atoms with Gasteiger partial charge in [0.25, 0.3) is 0 Å². The van der Waals surface area contributed by atoms with Crippen LogP contribution in [0.4, 0.5) is 0 Å². The molecule has 0 amide bonds. The van der Waals surface area contributed by atoms with Crippen LogP contribution >= 0.6 is 0 Å². The second-order valence-electron chi connectivity index (χ2n) is 3.94. The quantitative estimate of drug-likeness (QED) is 0.484. The van der Waals surface area contributed by atoms with Crippen molar-refractivity contribution in [1.29, 1.82) is 0 Å². The molecule has 1 N–H and O–H groups in total. The van der Waals surface area contributed by atoms with Crippen molar-refractivity contribution < 1.29 is 14.3 Å². The zero-order valence-corrected chi connectivity index (χ0v) is 9.62. The average molecular weight is 215 g/mol. The molecule has 1 atom stereocenters. The molecular formula is C11H21NO3. The van der Waals surface area contributed by atoms with Crippen molar-refractivity contribution in [2.75, 3.05) is 26.9 Å². The highest BCUT2D eigenvalue weighted by Crippen LogP contribution is 2.28. The molecule has 0 aliphatic heterocycles. The third kappa shape index (κ3) is 5.14. The molecule has 0 aromatic heterocycles. The molecule has 0 spiro atoms. The highest BCUT2D eigenvalue weighted by atomic mass is 16.5. The van der Waals surface area contributed by atoms with Crippen molar-refractivity contribution >= 4 is 5.97 Å². The Balaban J connectivity index is 2.08. The first-order chi connectivity index (χ1) is 7.27. The Labute approximate surface area is 91.3 Å². The van der Waals surface area contributed by atoms with Crippen molar-refractivity contribution in [3.8, 4) is 0 Å². The minimum atomic E-state index is -0.223. The van der Waals surface area contributed by atoms with Crippen LogP contribution in [0.3, 0.4) is 0 Å². The summed E-state index contributed by atoms with van der Waals surface area (Å²) in [6, 6.07) is -0.223. The van der Waals surface area contributed by atoms with Crippen LogP contribution < -0.4 is 5.32 Å². The van der Waals surface area contributed by atoms with Gasteiger partial charge in [0.15, 0.2) is 0 Å². The van der Waals surface area contributed by atoms with Gasteiger partial charge in [0.2, 0.25) is 0 Å². The summed E-state index contributed by atoms with van der Waals surface area (Å²) < 4.78 is 10.2. The maximum Gasteiger partial charge on any atom is 0.322 e. The fourth-order valence-corrected chi connectivity index (χ4v) is 1.43. The second kappa shape index (κ2) is 6.80. The number of carbonyl (C=O) groups is 1. The van der Waals surface area contributed by atoms with Crippen LogP contribution in [0.1, 0.15) is 26.2 Å². The van der Waals surface area contributed by atoms with Crippen LogP contribution in [0.5, 0.6) is 0 Å². The lowest BCUT2D eigenvalue weighted by Gasteiger charge is -2.15. The molecule has 15 heavy (non-hydrogen) atoms. The number of hydrogen-bond acceptors (Lipinski definition) is 4. The number of hydrogen-bond donors (Lipinski definition) is 1. The van der Waals surface area contributed by atoms with Gasteiger partial charge in [-0.05, 0) is 31.7 Å². The molecule has 0 radical (unpaired) electrons. The van der Waals surface area contributed by atoms with Gasteiger partial charge >= 0.3 is 5.97 Å². The van der Waals surface area contributed by atoms with E-state index in [0.717, 1.165) is 19.1 Å². The van der Waals surface area contributed by atoms with E-state index in [4.69, 9.17) is 9.47 Å². The van der Waals surface area contributed by atoms with E-state index in [2.05, 4.69) is 5.32 Å². The number of carbonyl (C=O) groups excluding carboxylic acids is 1. The predicted octanol–water partition coefficient (Wildman–Crippen LogP) is 0.954. The van der Waals surface area contributed by atoms with E-state index in [9.17, 15) is 4.79 Å². The summed E-state index contributed by atoms with van der Waals surface area (Å²) in [6.07, 6.45) is 3.29. The Bertz CT molecular complexity index is 192. The van der Waals surface area contributed by atoms with Crippen molar-refractivity contribution in [1.82, 2.24) is 5.32 Å². The van der Waals surface area contributed by atoms with E-state index in [1.165, 1.54) is 20.0 Å². The van der Waals surface area contributed by atoms with Gasteiger partial charge in [0.05, 0.1) is 7.11 Å². The highest BCUT2D eigenvalue weighted by Gasteiger charge is 2.22. The number of nitrogens with one attached hydrogen (secondary N) is 1. The summed E-state index contributed by atoms with van der Waals surface area (Å²) in [4.78, 5) is 11.3. The van der Waals surface area contributed by atoms with Gasteiger partial charge in [0.1, 0.15) is 6.04 Å². The van der Waals surface area contributed by atoms with Crippen molar-refractivity contribution in [2.24, 2.45) is 5.92 Å². The molecule has 0 heterocycles. The van der Waals surface area contributed by atoms with Crippen LogP contribution in [0, 0.1) is 5.92 Å². The minimum Gasteiger partial charge on any atom is -0.468 e. The van der Waals surface area contributed by atoms with E-state index < -0.39 is 0 Å². The third-order valence-corrected chi connectivity index (χ3v) is 2.54. The maximum absolute atomic E-state index is 11.3. The van der Waals surface area contributed by atoms with E-state index in [1.807, 2.05) is 6.92 Å². The Hall–Kier alpha value is -0.610. The van der Waals surface area contributed by atoms with Gasteiger partial charge < -0.3 is 14.8 Å². The lowest BCUT2D eigenvalue weighted by Crippen LogP contribution is -2.38. The molecule has 0 bridgehead atoms. The zero-order valence-electron chi connectivity index (χ0n) is 9.62. The van der Waals surface area contributed by atoms with Crippen LogP contribution in [-0.4, -0.2) is 38.9 Å². The van der Waals surface area contributed by atoms with Gasteiger partial charge in [-0.1, -0.05) is 6.92 Å². The highest BCUT2D eigenvalue weighted by molar-refractivity contribution is 5.75. The Morgan fingerprint density at radius 1 is 1.53 bits per heavy atom. The Kier molecular flexibility index (Phi) is 5.65. The zero-order chi connectivity index (χ0) is 11.1. The molecule has 1 saturated carbocycles. The second-order valence-corrected chi connectivity index (χ2v) is 3.94. The first kappa shape index (κ1) is 12.5. The topological polar surface area (TPSA) is 47.6 Å². The lowest BCUT2D eigenvalue weighted by molar-refractivity contribution is -0.143. The summed E-state index contributed by atoms with van der Waals surface area (Å²) in [6.45, 7) is 4.21. The molecule has 1 unspecified atom stereocenters. The molecule has 0 aromatic rings. The number of esters is 1. The molecule has 1 fully saturated rings. The molecule has 0 aromatic carbocycles. The van der Waals surface area contributed by atoms with Gasteiger partial charge in [-0.25, -0.2) is 0 Å². The van der Waals surface area contributed by atoms with Crippen LogP contribution in [0.15, 0.2) is 0 Å². The van der Waals surface area contributed by atoms with E-state index in [0.29, 0.717) is 13.0 Å². The van der Waals surface area contributed by atoms with Crippen LogP contribution in [-0.2, 0) is 14.3 Å². The first-order valence-electron chi connectivity index (χ1n) is 5.66. The molecule has 4 heteroatoms. The van der Waals surface area contributed by atoms with Crippen molar-refractivity contribution in [3.05, 3.63) is 0 Å². The minimum absolute atomic E-state index is 0.202. The fraction of sp³-hybridized carbons (Fsp3) is 0.909.